The maximum absolute atomic E-state index is 5.74. The van der Waals surface area contributed by atoms with E-state index < -0.39 is 0 Å². The fraction of sp³-hybridized carbons (Fsp3) is 0.0909. The van der Waals surface area contributed by atoms with Crippen LogP contribution in [0.4, 0.5) is 5.95 Å². The van der Waals surface area contributed by atoms with Crippen molar-refractivity contribution in [2.45, 2.75) is 5.03 Å². The lowest BCUT2D eigenvalue weighted by Gasteiger charge is -2.06. The first-order valence-corrected chi connectivity index (χ1v) is 7.78. The molecule has 9 nitrogen and oxygen atoms in total. The SMILES string of the molecule is CSc1ncnc2c1ncn2-n1cnc2c(=S)nc(N)[nH]c21. The van der Waals surface area contributed by atoms with E-state index in [4.69, 9.17) is 18.0 Å². The Balaban J connectivity index is 2.06. The molecule has 0 aromatic carbocycles. The Hall–Kier alpha value is -2.53. The first-order chi connectivity index (χ1) is 10.7. The normalized spacial score (nSPS) is 11.5. The molecular weight excluding hydrogens is 322 g/mol. The number of nitrogens with one attached hydrogen (secondary N) is 1. The molecule has 4 aromatic rings. The van der Waals surface area contributed by atoms with Crippen LogP contribution < -0.4 is 5.73 Å². The molecule has 4 aromatic heterocycles. The van der Waals surface area contributed by atoms with Crippen molar-refractivity contribution in [2.75, 3.05) is 12.0 Å². The number of nitrogens with two attached hydrogens (primary N) is 1. The molecule has 11 heteroatoms. The van der Waals surface area contributed by atoms with Crippen LogP contribution >= 0.6 is 24.0 Å². The molecule has 0 aliphatic carbocycles. The average Bonchev–Trinajstić information content (AvgIpc) is 3.10. The number of thioether (sulfide) groups is 1. The van der Waals surface area contributed by atoms with Crippen molar-refractivity contribution in [2.24, 2.45) is 0 Å². The molecular formula is C11H9N9S2. The molecule has 110 valence electrons. The Morgan fingerprint density at radius 3 is 2.73 bits per heavy atom. The lowest BCUT2D eigenvalue weighted by Crippen LogP contribution is -2.09. The van der Waals surface area contributed by atoms with E-state index in [0.29, 0.717) is 21.5 Å². The average molecular weight is 331 g/mol. The largest absolute Gasteiger partial charge is 0.369 e. The number of imidazole rings is 2. The highest BCUT2D eigenvalue weighted by Gasteiger charge is 2.14. The maximum atomic E-state index is 5.74. The van der Waals surface area contributed by atoms with Crippen LogP contribution in [0.2, 0.25) is 0 Å². The van der Waals surface area contributed by atoms with E-state index in [9.17, 15) is 0 Å². The fourth-order valence-electron chi connectivity index (χ4n) is 2.20. The number of hydrogen-bond acceptors (Lipinski definition) is 8. The Bertz CT molecular complexity index is 1060. The summed E-state index contributed by atoms with van der Waals surface area (Å²) in [7, 11) is 0. The van der Waals surface area contributed by atoms with Gasteiger partial charge in [0.2, 0.25) is 5.95 Å². The van der Waals surface area contributed by atoms with E-state index in [-0.39, 0.29) is 5.95 Å². The van der Waals surface area contributed by atoms with Crippen LogP contribution in [0.25, 0.3) is 22.3 Å². The van der Waals surface area contributed by atoms with Crippen molar-refractivity contribution in [3.8, 4) is 0 Å². The second kappa shape index (κ2) is 4.74. The van der Waals surface area contributed by atoms with Gasteiger partial charge in [-0.1, -0.05) is 12.2 Å². The molecule has 0 saturated carbocycles. The number of aromatic amines is 1. The molecule has 0 aliphatic rings. The van der Waals surface area contributed by atoms with Gasteiger partial charge in [0.15, 0.2) is 15.9 Å². The zero-order valence-electron chi connectivity index (χ0n) is 11.3. The monoisotopic (exact) mass is 331 g/mol. The van der Waals surface area contributed by atoms with Crippen molar-refractivity contribution < 1.29 is 0 Å². The third-order valence-electron chi connectivity index (χ3n) is 3.13. The van der Waals surface area contributed by atoms with E-state index in [1.54, 1.807) is 22.0 Å². The van der Waals surface area contributed by atoms with Gasteiger partial charge >= 0.3 is 0 Å². The van der Waals surface area contributed by atoms with Gasteiger partial charge in [-0.15, -0.1) is 11.8 Å². The second-order valence-electron chi connectivity index (χ2n) is 4.36. The van der Waals surface area contributed by atoms with Crippen LogP contribution in [-0.2, 0) is 0 Å². The predicted octanol–water partition coefficient (Wildman–Crippen LogP) is 1.24. The van der Waals surface area contributed by atoms with Gasteiger partial charge in [-0.05, 0) is 6.26 Å². The first-order valence-electron chi connectivity index (χ1n) is 6.14. The molecule has 0 saturated heterocycles. The van der Waals surface area contributed by atoms with Crippen molar-refractivity contribution in [1.29, 1.82) is 0 Å². The van der Waals surface area contributed by atoms with E-state index in [2.05, 4.69) is 29.9 Å². The van der Waals surface area contributed by atoms with Gasteiger partial charge in [0.05, 0.1) is 0 Å². The van der Waals surface area contributed by atoms with Gasteiger partial charge < -0.3 is 10.7 Å². The molecule has 0 aliphatic heterocycles. The summed E-state index contributed by atoms with van der Waals surface area (Å²) in [5.41, 5.74) is 8.30. The Morgan fingerprint density at radius 2 is 1.91 bits per heavy atom. The zero-order valence-corrected chi connectivity index (χ0v) is 12.9. The summed E-state index contributed by atoms with van der Waals surface area (Å²) in [6.45, 7) is 0. The highest BCUT2D eigenvalue weighted by Crippen LogP contribution is 2.22. The minimum absolute atomic E-state index is 0.225. The predicted molar refractivity (Wildman–Crippen MR) is 85.0 cm³/mol. The summed E-state index contributed by atoms with van der Waals surface area (Å²) >= 11 is 6.69. The molecule has 0 unspecified atom stereocenters. The number of hydrogen-bond donors (Lipinski definition) is 2. The van der Waals surface area contributed by atoms with Gasteiger partial charge in [-0.25, -0.2) is 34.3 Å². The lowest BCUT2D eigenvalue weighted by atomic mass is 10.5. The molecule has 0 fully saturated rings. The van der Waals surface area contributed by atoms with Crippen LogP contribution in [-0.4, -0.2) is 45.5 Å². The van der Waals surface area contributed by atoms with Crippen LogP contribution in [0.3, 0.4) is 0 Å². The first kappa shape index (κ1) is 13.2. The summed E-state index contributed by atoms with van der Waals surface area (Å²) in [5.74, 6) is 0.225. The van der Waals surface area contributed by atoms with Gasteiger partial charge in [-0.3, -0.25) is 0 Å². The highest BCUT2D eigenvalue weighted by molar-refractivity contribution is 7.98. The minimum Gasteiger partial charge on any atom is -0.369 e. The van der Waals surface area contributed by atoms with Gasteiger partial charge in [0, 0.05) is 0 Å². The van der Waals surface area contributed by atoms with Crippen molar-refractivity contribution >= 4 is 52.3 Å². The number of anilines is 1. The van der Waals surface area contributed by atoms with E-state index in [1.807, 2.05) is 6.26 Å². The quantitative estimate of drug-likeness (QED) is 0.320. The summed E-state index contributed by atoms with van der Waals surface area (Å²) in [5, 5.41) is 0.808. The molecule has 3 N–H and O–H groups in total. The van der Waals surface area contributed by atoms with Gasteiger partial charge in [-0.2, -0.15) is 0 Å². The lowest BCUT2D eigenvalue weighted by molar-refractivity contribution is 0.687. The van der Waals surface area contributed by atoms with Crippen LogP contribution in [0.1, 0.15) is 0 Å². The van der Waals surface area contributed by atoms with Gasteiger partial charge in [0.25, 0.3) is 0 Å². The number of nitrogens with zero attached hydrogens (tertiary/aromatic N) is 7. The Morgan fingerprint density at radius 1 is 1.14 bits per heavy atom. The topological polar surface area (TPSA) is 116 Å². The summed E-state index contributed by atoms with van der Waals surface area (Å²) in [6.07, 6.45) is 6.70. The third-order valence-corrected chi connectivity index (χ3v) is 4.10. The summed E-state index contributed by atoms with van der Waals surface area (Å²) in [6, 6.07) is 0. The fourth-order valence-corrected chi connectivity index (χ4v) is 2.93. The molecule has 4 rings (SSSR count). The van der Waals surface area contributed by atoms with Crippen molar-refractivity contribution in [3.63, 3.8) is 0 Å². The van der Waals surface area contributed by atoms with E-state index >= 15 is 0 Å². The maximum Gasteiger partial charge on any atom is 0.200 e. The summed E-state index contributed by atoms with van der Waals surface area (Å²) < 4.78 is 3.82. The smallest absolute Gasteiger partial charge is 0.200 e. The number of rotatable bonds is 2. The van der Waals surface area contributed by atoms with Crippen LogP contribution in [0.15, 0.2) is 24.0 Å². The Labute approximate surface area is 132 Å². The highest BCUT2D eigenvalue weighted by atomic mass is 32.2. The number of H-pyrrole nitrogens is 1. The molecule has 22 heavy (non-hydrogen) atoms. The van der Waals surface area contributed by atoms with Crippen LogP contribution in [0, 0.1) is 4.64 Å². The number of nitrogen functional groups attached to an aromatic ring is 1. The number of aromatic nitrogens is 8. The molecule has 0 bridgehead atoms. The van der Waals surface area contributed by atoms with Crippen LogP contribution in [0.5, 0.6) is 0 Å². The second-order valence-corrected chi connectivity index (χ2v) is 5.54. The standard InChI is InChI=1S/C11H9N9S2/c1-22-10-6-7(13-2-14-10)19(4-16-6)20-3-15-5-8(20)17-11(12)18-9(5)21/h2-4H,1H3,(H3,12,17,18,21). The molecule has 0 atom stereocenters. The summed E-state index contributed by atoms with van der Waals surface area (Å²) in [4.78, 5) is 24.1. The molecule has 4 heterocycles. The van der Waals surface area contributed by atoms with E-state index in [1.165, 1.54) is 18.1 Å². The van der Waals surface area contributed by atoms with Gasteiger partial charge in [0.1, 0.15) is 35.0 Å². The Kier molecular flexibility index (Phi) is 2.84. The molecule has 0 spiro atoms. The minimum atomic E-state index is 0.225. The number of fused-ring (bicyclic) bond motifs is 2. The van der Waals surface area contributed by atoms with Crippen molar-refractivity contribution in [1.82, 2.24) is 39.3 Å². The van der Waals surface area contributed by atoms with Crippen molar-refractivity contribution in [3.05, 3.63) is 23.6 Å². The van der Waals surface area contributed by atoms with E-state index in [0.717, 1.165) is 10.5 Å². The zero-order chi connectivity index (χ0) is 15.3. The molecule has 0 radical (unpaired) electrons. The third kappa shape index (κ3) is 1.79. The molecule has 0 amide bonds.